The highest BCUT2D eigenvalue weighted by Crippen LogP contribution is 2.29. The number of carbonyl (C=O) groups excluding carboxylic acids is 1. The van der Waals surface area contributed by atoms with Gasteiger partial charge in [-0.25, -0.2) is 0 Å². The van der Waals surface area contributed by atoms with Crippen molar-refractivity contribution in [3.05, 3.63) is 0 Å². The molecule has 6 N–H and O–H groups in total. The Hall–Kier alpha value is -0.940. The van der Waals surface area contributed by atoms with E-state index in [0.29, 0.717) is 17.9 Å². The van der Waals surface area contributed by atoms with Gasteiger partial charge in [0.05, 0.1) is 5.92 Å². The first kappa shape index (κ1) is 25.2. The molecule has 4 rings (SSSR count). The van der Waals surface area contributed by atoms with Crippen molar-refractivity contribution in [2.75, 3.05) is 26.2 Å². The quantitative estimate of drug-likeness (QED) is 0.361. The van der Waals surface area contributed by atoms with Crippen molar-refractivity contribution in [1.82, 2.24) is 31.9 Å². The second-order valence-corrected chi connectivity index (χ2v) is 10.6. The minimum absolute atomic E-state index is 0.0375. The van der Waals surface area contributed by atoms with Gasteiger partial charge in [0.2, 0.25) is 5.91 Å². The predicted octanol–water partition coefficient (Wildman–Crippen LogP) is 1.41. The Kier molecular flexibility index (Phi) is 8.54. The largest absolute Gasteiger partial charge is 0.403 e. The molecule has 10 heteroatoms. The van der Waals surface area contributed by atoms with Gasteiger partial charge in [-0.15, -0.1) is 0 Å². The summed E-state index contributed by atoms with van der Waals surface area (Å²) in [4.78, 5) is 12.7. The zero-order chi connectivity index (χ0) is 23.4. The lowest BCUT2D eigenvalue weighted by molar-refractivity contribution is -0.163. The van der Waals surface area contributed by atoms with E-state index in [1.165, 1.54) is 12.8 Å². The van der Waals surface area contributed by atoms with E-state index in [2.05, 4.69) is 38.8 Å². The Morgan fingerprint density at radius 1 is 0.970 bits per heavy atom. The molecule has 1 amide bonds. The van der Waals surface area contributed by atoms with Gasteiger partial charge in [0, 0.05) is 24.7 Å². The normalized spacial score (nSPS) is 40.8. The van der Waals surface area contributed by atoms with Gasteiger partial charge in [-0.1, -0.05) is 6.92 Å². The van der Waals surface area contributed by atoms with Crippen molar-refractivity contribution in [2.24, 2.45) is 17.8 Å². The lowest BCUT2D eigenvalue weighted by Gasteiger charge is -2.43. The SMILES string of the molecule is CC1CCC(NC(=O)C2CCC(C(F)(F)F)NC2)CC1NC1NCCC(C2CCCNC2)N1. The molecular weight excluding hydrogens is 433 g/mol. The van der Waals surface area contributed by atoms with Gasteiger partial charge in [-0.05, 0) is 82.8 Å². The van der Waals surface area contributed by atoms with Crippen LogP contribution in [0.25, 0.3) is 0 Å². The highest BCUT2D eigenvalue weighted by Gasteiger charge is 2.43. The Morgan fingerprint density at radius 3 is 2.52 bits per heavy atom. The summed E-state index contributed by atoms with van der Waals surface area (Å²) in [5, 5.41) is 20.2. The zero-order valence-corrected chi connectivity index (χ0v) is 19.6. The second-order valence-electron chi connectivity index (χ2n) is 10.6. The van der Waals surface area contributed by atoms with Gasteiger partial charge in [0.25, 0.3) is 0 Å². The van der Waals surface area contributed by atoms with Crippen molar-refractivity contribution >= 4 is 5.91 Å². The lowest BCUT2D eigenvalue weighted by Crippen LogP contribution is -2.66. The fourth-order valence-electron chi connectivity index (χ4n) is 6.02. The van der Waals surface area contributed by atoms with Gasteiger partial charge >= 0.3 is 6.18 Å². The topological polar surface area (TPSA) is 89.2 Å². The number of halogens is 3. The van der Waals surface area contributed by atoms with Crippen LogP contribution in [0.4, 0.5) is 13.2 Å². The summed E-state index contributed by atoms with van der Waals surface area (Å²) < 4.78 is 38.6. The molecule has 33 heavy (non-hydrogen) atoms. The maximum absolute atomic E-state index is 12.9. The molecule has 3 heterocycles. The minimum atomic E-state index is -4.24. The second kappa shape index (κ2) is 11.2. The Labute approximate surface area is 195 Å². The molecule has 0 radical (unpaired) electrons. The van der Waals surface area contributed by atoms with Crippen LogP contribution in [0.3, 0.4) is 0 Å². The van der Waals surface area contributed by atoms with Gasteiger partial charge in [0.1, 0.15) is 12.3 Å². The van der Waals surface area contributed by atoms with Crippen LogP contribution in [0.1, 0.15) is 58.3 Å². The smallest absolute Gasteiger partial charge is 0.353 e. The van der Waals surface area contributed by atoms with E-state index in [9.17, 15) is 18.0 Å². The van der Waals surface area contributed by atoms with Crippen LogP contribution in [0.15, 0.2) is 0 Å². The first-order chi connectivity index (χ1) is 15.8. The van der Waals surface area contributed by atoms with E-state index >= 15 is 0 Å². The number of hydrogen-bond donors (Lipinski definition) is 6. The van der Waals surface area contributed by atoms with Crippen LogP contribution < -0.4 is 31.9 Å². The molecule has 1 saturated carbocycles. The van der Waals surface area contributed by atoms with E-state index in [1.807, 2.05) is 0 Å². The monoisotopic (exact) mass is 474 g/mol. The van der Waals surface area contributed by atoms with Crippen molar-refractivity contribution in [2.45, 2.75) is 94.9 Å². The molecule has 190 valence electrons. The van der Waals surface area contributed by atoms with Crippen LogP contribution in [0.2, 0.25) is 0 Å². The van der Waals surface area contributed by atoms with Crippen LogP contribution >= 0.6 is 0 Å². The third-order valence-electron chi connectivity index (χ3n) is 8.19. The number of alkyl halides is 3. The van der Waals surface area contributed by atoms with Crippen LogP contribution in [-0.2, 0) is 4.79 Å². The number of carbonyl (C=O) groups is 1. The van der Waals surface area contributed by atoms with Crippen LogP contribution in [0.5, 0.6) is 0 Å². The van der Waals surface area contributed by atoms with E-state index in [-0.39, 0.29) is 49.6 Å². The molecule has 8 atom stereocenters. The number of piperidine rings is 2. The fourth-order valence-corrected chi connectivity index (χ4v) is 6.02. The van der Waals surface area contributed by atoms with Crippen molar-refractivity contribution in [3.8, 4) is 0 Å². The maximum Gasteiger partial charge on any atom is 0.403 e. The molecule has 4 fully saturated rings. The van der Waals surface area contributed by atoms with Crippen molar-refractivity contribution in [3.63, 3.8) is 0 Å². The maximum atomic E-state index is 12.9. The van der Waals surface area contributed by atoms with Crippen LogP contribution in [-0.4, -0.2) is 68.7 Å². The summed E-state index contributed by atoms with van der Waals surface area (Å²) in [6.45, 7) is 5.53. The first-order valence-electron chi connectivity index (χ1n) is 12.9. The molecular formula is C23H41F3N6O. The van der Waals surface area contributed by atoms with Crippen molar-refractivity contribution in [1.29, 1.82) is 0 Å². The third-order valence-corrected chi connectivity index (χ3v) is 8.19. The van der Waals surface area contributed by atoms with E-state index in [1.54, 1.807) is 0 Å². The van der Waals surface area contributed by atoms with Gasteiger partial charge < -0.3 is 16.0 Å². The predicted molar refractivity (Wildman–Crippen MR) is 121 cm³/mol. The summed E-state index contributed by atoms with van der Waals surface area (Å²) in [5.41, 5.74) is 0. The molecule has 0 bridgehead atoms. The summed E-state index contributed by atoms with van der Waals surface area (Å²) in [6, 6.07) is -0.649. The Balaban J connectivity index is 1.24. The third kappa shape index (κ3) is 6.81. The number of rotatable bonds is 5. The molecule has 0 spiro atoms. The molecule has 4 aliphatic rings. The van der Waals surface area contributed by atoms with Crippen molar-refractivity contribution < 1.29 is 18.0 Å². The Morgan fingerprint density at radius 2 is 1.82 bits per heavy atom. The molecule has 0 aromatic heterocycles. The van der Waals surface area contributed by atoms with Crippen LogP contribution in [0, 0.1) is 17.8 Å². The van der Waals surface area contributed by atoms with Gasteiger partial charge in [0.15, 0.2) is 0 Å². The number of amides is 1. The highest BCUT2D eigenvalue weighted by atomic mass is 19.4. The summed E-state index contributed by atoms with van der Waals surface area (Å²) in [5.74, 6) is 0.672. The average Bonchev–Trinajstić information content (AvgIpc) is 2.81. The fraction of sp³-hybridized carbons (Fsp3) is 0.957. The van der Waals surface area contributed by atoms with Gasteiger partial charge in [-0.3, -0.25) is 20.7 Å². The molecule has 7 nitrogen and oxygen atoms in total. The summed E-state index contributed by atoms with van der Waals surface area (Å²) in [7, 11) is 0. The molecule has 1 aliphatic carbocycles. The van der Waals surface area contributed by atoms with Gasteiger partial charge in [-0.2, -0.15) is 13.2 Å². The average molecular weight is 475 g/mol. The Bertz CT molecular complexity index is 636. The first-order valence-corrected chi connectivity index (χ1v) is 12.9. The molecule has 3 saturated heterocycles. The molecule has 3 aliphatic heterocycles. The lowest BCUT2D eigenvalue weighted by atomic mass is 9.82. The minimum Gasteiger partial charge on any atom is -0.353 e. The van der Waals surface area contributed by atoms with E-state index in [4.69, 9.17) is 0 Å². The summed E-state index contributed by atoms with van der Waals surface area (Å²) in [6.07, 6.45) is 2.48. The van der Waals surface area contributed by atoms with E-state index in [0.717, 1.165) is 45.3 Å². The summed E-state index contributed by atoms with van der Waals surface area (Å²) >= 11 is 0. The number of nitrogens with one attached hydrogen (secondary N) is 6. The number of hydrogen-bond acceptors (Lipinski definition) is 6. The zero-order valence-electron chi connectivity index (χ0n) is 19.6. The van der Waals surface area contributed by atoms with E-state index < -0.39 is 12.2 Å². The standard InChI is InChI=1S/C23H41F3N6O/c1-14-4-6-17(30-21(33)16-5-7-20(29-13-16)23(24,25)26)11-19(14)32-22-28-10-8-18(31-22)15-3-2-9-27-12-15/h14-20,22,27-29,31-32H,2-13H2,1H3,(H,30,33). The molecule has 8 unspecified atom stereocenters. The molecule has 0 aromatic rings. The molecule has 0 aromatic carbocycles. The highest BCUT2D eigenvalue weighted by molar-refractivity contribution is 5.79.